The van der Waals surface area contributed by atoms with Crippen LogP contribution in [0, 0.1) is 11.8 Å². The number of benzene rings is 1. The molecule has 3 atom stereocenters. The minimum atomic E-state index is -0.772. The largest absolute Gasteiger partial charge is 0.497 e. The Kier molecular flexibility index (Phi) is 9.29. The molecule has 0 aromatic heterocycles. The third-order valence-corrected chi connectivity index (χ3v) is 4.65. The summed E-state index contributed by atoms with van der Waals surface area (Å²) in [7, 11) is 3.07. The van der Waals surface area contributed by atoms with Gasteiger partial charge in [-0.1, -0.05) is 32.4 Å². The standard InChI is InChI=1S/C19H29N3O5/c1-5-13(2)16(11-22(26)12-23)18(24)21-17(19(25)20-3)10-14-6-8-15(27-4)9-7-14/h6-9,12-13,16-17,26H,5,10-11H2,1-4H3,(H,20,25)(H,21,24)/t13?,16?,17-/m0/s1. The molecule has 8 nitrogen and oxygen atoms in total. The molecule has 0 fully saturated rings. The van der Waals surface area contributed by atoms with Gasteiger partial charge >= 0.3 is 0 Å². The molecule has 8 heteroatoms. The number of rotatable bonds is 11. The van der Waals surface area contributed by atoms with Crippen molar-refractivity contribution in [3.8, 4) is 5.75 Å². The van der Waals surface area contributed by atoms with Gasteiger partial charge in [0.05, 0.1) is 19.6 Å². The quantitative estimate of drug-likeness (QED) is 0.302. The van der Waals surface area contributed by atoms with Crippen LogP contribution >= 0.6 is 0 Å². The van der Waals surface area contributed by atoms with Crippen molar-refractivity contribution < 1.29 is 24.3 Å². The van der Waals surface area contributed by atoms with Crippen molar-refractivity contribution >= 4 is 18.2 Å². The van der Waals surface area contributed by atoms with Gasteiger partial charge in [0.15, 0.2) is 0 Å². The summed E-state index contributed by atoms with van der Waals surface area (Å²) < 4.78 is 5.12. The number of ether oxygens (including phenoxy) is 1. The van der Waals surface area contributed by atoms with Gasteiger partial charge in [0.2, 0.25) is 18.2 Å². The number of methoxy groups -OCH3 is 1. The van der Waals surface area contributed by atoms with Crippen LogP contribution in [-0.2, 0) is 20.8 Å². The summed E-state index contributed by atoms with van der Waals surface area (Å²) in [6.07, 6.45) is 1.25. The van der Waals surface area contributed by atoms with Crippen molar-refractivity contribution in [2.75, 3.05) is 20.7 Å². The molecule has 0 heterocycles. The maximum atomic E-state index is 12.8. The van der Waals surface area contributed by atoms with Gasteiger partial charge in [0, 0.05) is 13.5 Å². The maximum absolute atomic E-state index is 12.8. The molecule has 0 aliphatic rings. The van der Waals surface area contributed by atoms with E-state index in [0.717, 1.165) is 5.56 Å². The van der Waals surface area contributed by atoms with Crippen molar-refractivity contribution in [2.24, 2.45) is 11.8 Å². The van der Waals surface area contributed by atoms with Gasteiger partial charge in [-0.05, 0) is 23.6 Å². The van der Waals surface area contributed by atoms with Crippen molar-refractivity contribution in [3.05, 3.63) is 29.8 Å². The van der Waals surface area contributed by atoms with Crippen LogP contribution < -0.4 is 15.4 Å². The Morgan fingerprint density at radius 3 is 2.37 bits per heavy atom. The highest BCUT2D eigenvalue weighted by atomic mass is 16.5. The van der Waals surface area contributed by atoms with Crippen LogP contribution in [0.25, 0.3) is 0 Å². The molecule has 0 spiro atoms. The first-order valence-corrected chi connectivity index (χ1v) is 8.91. The highest BCUT2D eigenvalue weighted by Crippen LogP contribution is 2.18. The second-order valence-electron chi connectivity index (χ2n) is 6.45. The molecule has 0 aliphatic heterocycles. The minimum Gasteiger partial charge on any atom is -0.497 e. The van der Waals surface area contributed by atoms with E-state index in [9.17, 15) is 19.6 Å². The maximum Gasteiger partial charge on any atom is 0.242 e. The van der Waals surface area contributed by atoms with E-state index in [2.05, 4.69) is 10.6 Å². The lowest BCUT2D eigenvalue weighted by atomic mass is 9.90. The van der Waals surface area contributed by atoms with Gasteiger partial charge in [-0.15, -0.1) is 0 Å². The second-order valence-corrected chi connectivity index (χ2v) is 6.45. The predicted molar refractivity (Wildman–Crippen MR) is 100 cm³/mol. The summed E-state index contributed by atoms with van der Waals surface area (Å²) in [5, 5.41) is 15.2. The molecule has 3 amide bonds. The van der Waals surface area contributed by atoms with E-state index in [4.69, 9.17) is 4.74 Å². The van der Waals surface area contributed by atoms with E-state index in [0.29, 0.717) is 23.7 Å². The molecular formula is C19H29N3O5. The van der Waals surface area contributed by atoms with Crippen LogP contribution in [0.15, 0.2) is 24.3 Å². The minimum absolute atomic E-state index is 0.0778. The van der Waals surface area contributed by atoms with Crippen molar-refractivity contribution in [1.82, 2.24) is 15.7 Å². The SMILES string of the molecule is CCC(C)C(CN(O)C=O)C(=O)N[C@@H](Cc1ccc(OC)cc1)C(=O)NC. The van der Waals surface area contributed by atoms with Gasteiger partial charge in [-0.2, -0.15) is 0 Å². The third-order valence-electron chi connectivity index (χ3n) is 4.65. The summed E-state index contributed by atoms with van der Waals surface area (Å²) in [5.74, 6) is -0.710. The summed E-state index contributed by atoms with van der Waals surface area (Å²) in [4.78, 5) is 35.7. The number of hydrogen-bond donors (Lipinski definition) is 3. The number of nitrogens with zero attached hydrogens (tertiary/aromatic N) is 1. The monoisotopic (exact) mass is 379 g/mol. The van der Waals surface area contributed by atoms with Crippen LogP contribution in [0.5, 0.6) is 5.75 Å². The van der Waals surface area contributed by atoms with Crippen LogP contribution in [0.3, 0.4) is 0 Å². The zero-order chi connectivity index (χ0) is 20.4. The third kappa shape index (κ3) is 6.90. The fraction of sp³-hybridized carbons (Fsp3) is 0.526. The Morgan fingerprint density at radius 1 is 1.26 bits per heavy atom. The highest BCUT2D eigenvalue weighted by Gasteiger charge is 2.29. The van der Waals surface area contributed by atoms with Crippen molar-refractivity contribution in [1.29, 1.82) is 0 Å². The fourth-order valence-electron chi connectivity index (χ4n) is 2.71. The zero-order valence-electron chi connectivity index (χ0n) is 16.3. The number of likely N-dealkylation sites (N-methyl/N-ethyl adjacent to an activating group) is 1. The molecule has 3 N–H and O–H groups in total. The first kappa shape index (κ1) is 22.4. The Labute approximate surface area is 159 Å². The lowest BCUT2D eigenvalue weighted by Gasteiger charge is -2.26. The van der Waals surface area contributed by atoms with Crippen molar-refractivity contribution in [2.45, 2.75) is 32.7 Å². The molecular weight excluding hydrogens is 350 g/mol. The van der Waals surface area contributed by atoms with Gasteiger partial charge in [-0.3, -0.25) is 19.6 Å². The molecule has 0 bridgehead atoms. The van der Waals surface area contributed by atoms with Crippen LogP contribution in [0.1, 0.15) is 25.8 Å². The van der Waals surface area contributed by atoms with Crippen LogP contribution in [-0.4, -0.2) is 55.2 Å². The van der Waals surface area contributed by atoms with E-state index in [1.165, 1.54) is 7.05 Å². The van der Waals surface area contributed by atoms with E-state index >= 15 is 0 Å². The molecule has 27 heavy (non-hydrogen) atoms. The zero-order valence-corrected chi connectivity index (χ0v) is 16.3. The normalized spacial score (nSPS) is 13.8. The Morgan fingerprint density at radius 2 is 1.89 bits per heavy atom. The first-order valence-electron chi connectivity index (χ1n) is 8.91. The number of nitrogens with one attached hydrogen (secondary N) is 2. The van der Waals surface area contributed by atoms with Crippen LogP contribution in [0.4, 0.5) is 0 Å². The number of amides is 3. The summed E-state index contributed by atoms with van der Waals surface area (Å²) >= 11 is 0. The number of hydrogen-bond acceptors (Lipinski definition) is 5. The Bertz CT molecular complexity index is 620. The molecule has 1 rings (SSSR count). The van der Waals surface area contributed by atoms with Gasteiger partial charge in [0.1, 0.15) is 11.8 Å². The van der Waals surface area contributed by atoms with Gasteiger partial charge in [0.25, 0.3) is 0 Å². The highest BCUT2D eigenvalue weighted by molar-refractivity contribution is 5.88. The summed E-state index contributed by atoms with van der Waals surface area (Å²) in [5.41, 5.74) is 0.862. The van der Waals surface area contributed by atoms with Crippen LogP contribution in [0.2, 0.25) is 0 Å². The summed E-state index contributed by atoms with van der Waals surface area (Å²) in [6.45, 7) is 3.65. The molecule has 150 valence electrons. The number of hydroxylamine groups is 2. The number of carbonyl (C=O) groups excluding carboxylic acids is 3. The average molecular weight is 379 g/mol. The van der Waals surface area contributed by atoms with E-state index in [-0.39, 0.29) is 30.7 Å². The van der Waals surface area contributed by atoms with E-state index in [1.54, 1.807) is 19.2 Å². The van der Waals surface area contributed by atoms with Crippen molar-refractivity contribution in [3.63, 3.8) is 0 Å². The van der Waals surface area contributed by atoms with E-state index < -0.39 is 12.0 Å². The molecule has 1 aromatic carbocycles. The Hall–Kier alpha value is -2.61. The molecule has 0 saturated carbocycles. The molecule has 0 saturated heterocycles. The molecule has 2 unspecified atom stereocenters. The average Bonchev–Trinajstić information content (AvgIpc) is 2.70. The number of carbonyl (C=O) groups is 3. The van der Waals surface area contributed by atoms with E-state index in [1.807, 2.05) is 26.0 Å². The predicted octanol–water partition coefficient (Wildman–Crippen LogP) is 0.978. The first-order chi connectivity index (χ1) is 12.9. The Balaban J connectivity index is 2.93. The lowest BCUT2D eigenvalue weighted by molar-refractivity contribution is -0.156. The molecule has 0 aliphatic carbocycles. The fourth-order valence-corrected chi connectivity index (χ4v) is 2.71. The summed E-state index contributed by atoms with van der Waals surface area (Å²) in [6, 6.07) is 6.46. The van der Waals surface area contributed by atoms with Gasteiger partial charge in [-0.25, -0.2) is 5.06 Å². The second kappa shape index (κ2) is 11.2. The molecule has 1 aromatic rings. The lowest BCUT2D eigenvalue weighted by Crippen LogP contribution is -2.51. The molecule has 0 radical (unpaired) electrons. The smallest absolute Gasteiger partial charge is 0.242 e. The topological polar surface area (TPSA) is 108 Å². The van der Waals surface area contributed by atoms with Gasteiger partial charge < -0.3 is 15.4 Å².